The van der Waals surface area contributed by atoms with Gasteiger partial charge in [-0.15, -0.1) is 0 Å². The Morgan fingerprint density at radius 2 is 2.13 bits per heavy atom. The van der Waals surface area contributed by atoms with Crippen molar-refractivity contribution in [2.45, 2.75) is 81.3 Å². The molecular weight excluding hydrogens is 396 g/mol. The molecular formula is C24H34N2O5. The number of esters is 1. The molecule has 7 heteroatoms. The molecule has 2 aliphatic heterocycles. The summed E-state index contributed by atoms with van der Waals surface area (Å²) in [6.07, 6.45) is 3.28. The smallest absolute Gasteiger partial charge is 0.320 e. The van der Waals surface area contributed by atoms with Gasteiger partial charge in [0.25, 0.3) is 0 Å². The monoisotopic (exact) mass is 430 g/mol. The molecule has 7 nitrogen and oxygen atoms in total. The first-order chi connectivity index (χ1) is 14.6. The Balaban J connectivity index is 1.54. The molecule has 4 aliphatic rings. The lowest BCUT2D eigenvalue weighted by molar-refractivity contribution is -0.203. The van der Waals surface area contributed by atoms with E-state index in [1.807, 2.05) is 33.9 Å². The topological polar surface area (TPSA) is 80.3 Å². The first-order valence-corrected chi connectivity index (χ1v) is 11.4. The van der Waals surface area contributed by atoms with Crippen LogP contribution in [0.5, 0.6) is 11.5 Å². The van der Waals surface area contributed by atoms with Gasteiger partial charge in [0, 0.05) is 24.8 Å². The van der Waals surface area contributed by atoms with E-state index < -0.39 is 5.60 Å². The van der Waals surface area contributed by atoms with Crippen LogP contribution in [0.1, 0.15) is 51.2 Å². The number of hydrogen-bond donors (Lipinski definition) is 2. The molecule has 5 atom stereocenters. The van der Waals surface area contributed by atoms with Gasteiger partial charge in [-0.2, -0.15) is 0 Å². The Bertz CT molecular complexity index is 912. The number of likely N-dealkylation sites (tertiary alicyclic amines) is 1. The van der Waals surface area contributed by atoms with E-state index in [0.717, 1.165) is 37.8 Å². The highest BCUT2D eigenvalue weighted by atomic mass is 16.6. The maximum absolute atomic E-state index is 12.4. The first kappa shape index (κ1) is 21.0. The van der Waals surface area contributed by atoms with Gasteiger partial charge in [0.1, 0.15) is 11.7 Å². The summed E-state index contributed by atoms with van der Waals surface area (Å²) >= 11 is 0. The number of benzene rings is 1. The maximum Gasteiger partial charge on any atom is 0.320 e. The SMILES string of the molecule is CO[C@@]12CC[C@@H](NCC(=O)OC(C)(C)C)[C@@H]3Oc4c(O)ccc5c4[C@@]31CCN(C)[C@@H]2C5. The highest BCUT2D eigenvalue weighted by Gasteiger charge is 2.73. The third-order valence-corrected chi connectivity index (χ3v) is 7.98. The van der Waals surface area contributed by atoms with Crippen molar-refractivity contribution >= 4 is 5.97 Å². The molecule has 0 amide bonds. The summed E-state index contributed by atoms with van der Waals surface area (Å²) in [5.41, 5.74) is 1.14. The van der Waals surface area contributed by atoms with Crippen molar-refractivity contribution in [2.75, 3.05) is 27.2 Å². The van der Waals surface area contributed by atoms with E-state index in [0.29, 0.717) is 5.75 Å². The Hall–Kier alpha value is -1.83. The molecule has 2 heterocycles. The minimum atomic E-state index is -0.513. The summed E-state index contributed by atoms with van der Waals surface area (Å²) in [4.78, 5) is 14.8. The first-order valence-electron chi connectivity index (χ1n) is 11.4. The Labute approximate surface area is 184 Å². The quantitative estimate of drug-likeness (QED) is 0.709. The van der Waals surface area contributed by atoms with Gasteiger partial charge in [0.05, 0.1) is 17.6 Å². The van der Waals surface area contributed by atoms with Crippen molar-refractivity contribution < 1.29 is 24.1 Å². The number of likely N-dealkylation sites (N-methyl/N-ethyl adjacent to an activating group) is 1. The predicted octanol–water partition coefficient (Wildman–Crippen LogP) is 2.13. The Morgan fingerprint density at radius 1 is 1.35 bits per heavy atom. The van der Waals surface area contributed by atoms with Crippen LogP contribution in [0, 0.1) is 0 Å². The number of aromatic hydroxyl groups is 1. The van der Waals surface area contributed by atoms with Crippen molar-refractivity contribution in [1.82, 2.24) is 10.2 Å². The van der Waals surface area contributed by atoms with Crippen LogP contribution in [0.3, 0.4) is 0 Å². The molecule has 1 aromatic carbocycles. The molecule has 0 aromatic heterocycles. The summed E-state index contributed by atoms with van der Waals surface area (Å²) < 4.78 is 18.5. The zero-order valence-electron chi connectivity index (χ0n) is 19.2. The van der Waals surface area contributed by atoms with Crippen LogP contribution in [0.25, 0.3) is 0 Å². The largest absolute Gasteiger partial charge is 0.504 e. The number of nitrogens with zero attached hydrogens (tertiary/aromatic N) is 1. The highest BCUT2D eigenvalue weighted by molar-refractivity contribution is 5.72. The number of phenolic OH excluding ortho intramolecular Hbond substituents is 1. The van der Waals surface area contributed by atoms with E-state index in [9.17, 15) is 9.90 Å². The number of hydrogen-bond acceptors (Lipinski definition) is 7. The Morgan fingerprint density at radius 3 is 2.84 bits per heavy atom. The average molecular weight is 431 g/mol. The lowest BCUT2D eigenvalue weighted by Crippen LogP contribution is -2.78. The molecule has 31 heavy (non-hydrogen) atoms. The molecule has 1 aromatic rings. The highest BCUT2D eigenvalue weighted by Crippen LogP contribution is 2.66. The summed E-state index contributed by atoms with van der Waals surface area (Å²) in [6, 6.07) is 4.02. The van der Waals surface area contributed by atoms with E-state index in [1.54, 1.807) is 6.07 Å². The summed E-state index contributed by atoms with van der Waals surface area (Å²) in [7, 11) is 4.01. The minimum absolute atomic E-state index is 0.0300. The van der Waals surface area contributed by atoms with Crippen LogP contribution in [-0.4, -0.2) is 72.6 Å². The molecule has 2 aliphatic carbocycles. The van der Waals surface area contributed by atoms with Gasteiger partial charge in [-0.1, -0.05) is 6.07 Å². The zero-order chi connectivity index (χ0) is 22.2. The molecule has 170 valence electrons. The van der Waals surface area contributed by atoms with E-state index in [2.05, 4.69) is 17.3 Å². The second-order valence-corrected chi connectivity index (χ2v) is 10.6. The maximum atomic E-state index is 12.4. The van der Waals surface area contributed by atoms with Crippen molar-refractivity contribution in [3.8, 4) is 11.5 Å². The van der Waals surface area contributed by atoms with Gasteiger partial charge in [-0.05, 0) is 71.7 Å². The van der Waals surface area contributed by atoms with Crippen LogP contribution in [0.2, 0.25) is 0 Å². The second-order valence-electron chi connectivity index (χ2n) is 10.6. The van der Waals surface area contributed by atoms with Gasteiger partial charge >= 0.3 is 5.97 Å². The number of ether oxygens (including phenoxy) is 3. The third-order valence-electron chi connectivity index (χ3n) is 7.98. The fourth-order valence-corrected chi connectivity index (χ4v) is 6.94. The number of piperidine rings is 1. The second kappa shape index (κ2) is 6.83. The molecule has 2 N–H and O–H groups in total. The number of rotatable bonds is 4. The molecule has 1 saturated carbocycles. The minimum Gasteiger partial charge on any atom is -0.504 e. The van der Waals surface area contributed by atoms with Crippen LogP contribution in [0.4, 0.5) is 0 Å². The standard InChI is InChI=1S/C24H34N2O5/c1-22(2,3)31-18(28)13-25-15-8-9-24(29-5)17-12-14-6-7-16(27)20-19(14)23(24,21(15)30-20)10-11-26(17)4/h6-7,15,17,21,25,27H,8-13H2,1-5H3/t15-,17-,21+,23+,24-/m1/s1. The number of phenols is 1. The molecule has 2 bridgehead atoms. The van der Waals surface area contributed by atoms with Gasteiger partial charge in [-0.25, -0.2) is 0 Å². The van der Waals surface area contributed by atoms with E-state index in [4.69, 9.17) is 14.2 Å². The molecule has 5 rings (SSSR count). The lowest BCUT2D eigenvalue weighted by atomic mass is 9.48. The van der Waals surface area contributed by atoms with Gasteiger partial charge in [0.15, 0.2) is 11.5 Å². The molecule has 0 unspecified atom stereocenters. The van der Waals surface area contributed by atoms with Gasteiger partial charge < -0.3 is 29.5 Å². The number of nitrogens with one attached hydrogen (secondary N) is 1. The third kappa shape index (κ3) is 2.79. The average Bonchev–Trinajstić information content (AvgIpc) is 3.05. The molecule has 0 radical (unpaired) electrons. The molecule has 1 spiro atoms. The lowest BCUT2D eigenvalue weighted by Gasteiger charge is -2.65. The van der Waals surface area contributed by atoms with Crippen LogP contribution >= 0.6 is 0 Å². The molecule has 2 fully saturated rings. The molecule has 1 saturated heterocycles. The predicted molar refractivity (Wildman–Crippen MR) is 116 cm³/mol. The van der Waals surface area contributed by atoms with Crippen LogP contribution in [-0.2, 0) is 26.1 Å². The van der Waals surface area contributed by atoms with Crippen molar-refractivity contribution in [3.05, 3.63) is 23.3 Å². The van der Waals surface area contributed by atoms with Crippen molar-refractivity contribution in [1.29, 1.82) is 0 Å². The Kier molecular flexibility index (Phi) is 4.64. The summed E-state index contributed by atoms with van der Waals surface area (Å²) in [5, 5.41) is 14.1. The van der Waals surface area contributed by atoms with Gasteiger partial charge in [-0.3, -0.25) is 4.79 Å². The fraction of sp³-hybridized carbons (Fsp3) is 0.708. The van der Waals surface area contributed by atoms with Crippen LogP contribution < -0.4 is 10.1 Å². The number of carbonyl (C=O) groups is 1. The van der Waals surface area contributed by atoms with Crippen molar-refractivity contribution in [2.24, 2.45) is 0 Å². The number of methoxy groups -OCH3 is 1. The van der Waals surface area contributed by atoms with Crippen LogP contribution in [0.15, 0.2) is 12.1 Å². The summed E-state index contributed by atoms with van der Waals surface area (Å²) in [6.45, 7) is 6.71. The summed E-state index contributed by atoms with van der Waals surface area (Å²) in [5.74, 6) is 0.534. The normalized spacial score (nSPS) is 36.0. The van der Waals surface area contributed by atoms with Crippen molar-refractivity contribution in [3.63, 3.8) is 0 Å². The zero-order valence-corrected chi connectivity index (χ0v) is 19.2. The van der Waals surface area contributed by atoms with E-state index in [-0.39, 0.29) is 47.5 Å². The van der Waals surface area contributed by atoms with E-state index >= 15 is 0 Å². The fourth-order valence-electron chi connectivity index (χ4n) is 6.94. The number of carbonyl (C=O) groups excluding carboxylic acids is 1. The van der Waals surface area contributed by atoms with Gasteiger partial charge in [0.2, 0.25) is 0 Å². The van der Waals surface area contributed by atoms with E-state index in [1.165, 1.54) is 5.56 Å².